The molecule has 2 aliphatic rings. The third-order valence-corrected chi connectivity index (χ3v) is 4.96. The Balaban J connectivity index is 1.73. The van der Waals surface area contributed by atoms with Crippen molar-refractivity contribution in [3.05, 3.63) is 0 Å². The first kappa shape index (κ1) is 18.0. The van der Waals surface area contributed by atoms with Gasteiger partial charge in [0.2, 0.25) is 0 Å². The van der Waals surface area contributed by atoms with E-state index in [1.165, 1.54) is 12.8 Å². The van der Waals surface area contributed by atoms with Crippen molar-refractivity contribution >= 4 is 22.0 Å². The molecule has 2 rings (SSSR count). The van der Waals surface area contributed by atoms with Crippen molar-refractivity contribution in [3.63, 3.8) is 0 Å². The predicted molar refractivity (Wildman–Crippen MR) is 88.5 cm³/mol. The second-order valence-electron chi connectivity index (χ2n) is 7.20. The van der Waals surface area contributed by atoms with Crippen LogP contribution in [0.1, 0.15) is 46.5 Å². The van der Waals surface area contributed by atoms with Crippen LogP contribution in [0.15, 0.2) is 0 Å². The lowest BCUT2D eigenvalue weighted by Crippen LogP contribution is -2.50. The first-order valence-corrected chi connectivity index (χ1v) is 9.25. The highest BCUT2D eigenvalue weighted by molar-refractivity contribution is 9.09. The van der Waals surface area contributed by atoms with Gasteiger partial charge in [-0.2, -0.15) is 0 Å². The maximum atomic E-state index is 12.1. The van der Waals surface area contributed by atoms with Gasteiger partial charge in [0, 0.05) is 18.4 Å². The summed E-state index contributed by atoms with van der Waals surface area (Å²) in [5.74, 6) is 0. The highest BCUT2D eigenvalue weighted by atomic mass is 79.9. The number of hydrogen-bond donors (Lipinski definition) is 0. The molecule has 2 fully saturated rings. The zero-order valence-electron chi connectivity index (χ0n) is 13.9. The van der Waals surface area contributed by atoms with Gasteiger partial charge in [0.1, 0.15) is 5.60 Å². The van der Waals surface area contributed by atoms with E-state index < -0.39 is 5.60 Å². The monoisotopic (exact) mass is 377 g/mol. The van der Waals surface area contributed by atoms with Crippen LogP contribution in [-0.2, 0) is 14.2 Å². The molecule has 0 aromatic carbocycles. The van der Waals surface area contributed by atoms with E-state index in [1.54, 1.807) is 4.90 Å². The van der Waals surface area contributed by atoms with Crippen LogP contribution < -0.4 is 0 Å². The van der Waals surface area contributed by atoms with Gasteiger partial charge in [-0.25, -0.2) is 4.79 Å². The van der Waals surface area contributed by atoms with E-state index in [0.717, 1.165) is 18.2 Å². The van der Waals surface area contributed by atoms with Crippen molar-refractivity contribution < 1.29 is 19.0 Å². The Hall–Kier alpha value is -0.330. The van der Waals surface area contributed by atoms with Crippen LogP contribution in [0.4, 0.5) is 4.79 Å². The van der Waals surface area contributed by atoms with Gasteiger partial charge < -0.3 is 19.1 Å². The minimum atomic E-state index is -0.447. The smallest absolute Gasteiger partial charge is 0.410 e. The Morgan fingerprint density at radius 2 is 1.86 bits per heavy atom. The van der Waals surface area contributed by atoms with E-state index in [1.807, 2.05) is 20.8 Å². The lowest BCUT2D eigenvalue weighted by atomic mass is 9.93. The number of halogens is 1. The van der Waals surface area contributed by atoms with Crippen molar-refractivity contribution in [2.45, 2.75) is 63.8 Å². The Morgan fingerprint density at radius 1 is 1.23 bits per heavy atom. The molecule has 0 N–H and O–H groups in total. The molecule has 0 atom stereocenters. The third-order valence-electron chi connectivity index (χ3n) is 3.94. The number of nitrogens with zero attached hydrogens (tertiary/aromatic N) is 1. The van der Waals surface area contributed by atoms with Crippen molar-refractivity contribution in [2.75, 3.05) is 31.6 Å². The normalized spacial score (nSPS) is 21.7. The standard InChI is InChI=1S/C16H28BrNO4/c1-15(2,3)22-14(19)18-8-6-16(12-17,7-9-18)21-11-10-20-13-4-5-13/h13H,4-12H2,1-3H3. The zero-order valence-corrected chi connectivity index (χ0v) is 15.5. The predicted octanol–water partition coefficient (Wildman–Crippen LogP) is 3.35. The average molecular weight is 378 g/mol. The molecule has 1 aliphatic heterocycles. The average Bonchev–Trinajstić information content (AvgIpc) is 3.26. The highest BCUT2D eigenvalue weighted by Gasteiger charge is 2.37. The van der Waals surface area contributed by atoms with E-state index in [0.29, 0.717) is 32.4 Å². The largest absolute Gasteiger partial charge is 0.444 e. The third kappa shape index (κ3) is 5.70. The number of amides is 1. The quantitative estimate of drug-likeness (QED) is 0.525. The molecule has 1 saturated heterocycles. The summed E-state index contributed by atoms with van der Waals surface area (Å²) in [6, 6.07) is 0. The van der Waals surface area contributed by atoms with E-state index >= 15 is 0 Å². The molecule has 6 heteroatoms. The summed E-state index contributed by atoms with van der Waals surface area (Å²) in [6.45, 7) is 8.29. The topological polar surface area (TPSA) is 48.0 Å². The van der Waals surface area contributed by atoms with Gasteiger partial charge in [-0.3, -0.25) is 0 Å². The molecule has 1 saturated carbocycles. The van der Waals surface area contributed by atoms with Crippen LogP contribution in [0.5, 0.6) is 0 Å². The lowest BCUT2D eigenvalue weighted by molar-refractivity contribution is -0.0856. The molecule has 1 heterocycles. The van der Waals surface area contributed by atoms with Crippen molar-refractivity contribution in [2.24, 2.45) is 0 Å². The molecule has 0 aromatic heterocycles. The van der Waals surface area contributed by atoms with Crippen molar-refractivity contribution in [1.29, 1.82) is 0 Å². The maximum Gasteiger partial charge on any atom is 0.410 e. The van der Waals surface area contributed by atoms with E-state index in [-0.39, 0.29) is 11.7 Å². The first-order valence-electron chi connectivity index (χ1n) is 8.13. The minimum Gasteiger partial charge on any atom is -0.444 e. The van der Waals surface area contributed by atoms with Gasteiger partial charge in [-0.15, -0.1) is 0 Å². The first-order chi connectivity index (χ1) is 10.3. The van der Waals surface area contributed by atoms with Crippen LogP contribution in [0.3, 0.4) is 0 Å². The molecule has 1 aliphatic carbocycles. The zero-order chi connectivity index (χ0) is 16.2. The van der Waals surface area contributed by atoms with Crippen LogP contribution in [-0.4, -0.2) is 59.9 Å². The number of alkyl halides is 1. The second kappa shape index (κ2) is 7.49. The minimum absolute atomic E-state index is 0.189. The molecule has 128 valence electrons. The van der Waals surface area contributed by atoms with Crippen molar-refractivity contribution in [3.8, 4) is 0 Å². The molecule has 0 radical (unpaired) electrons. The van der Waals surface area contributed by atoms with Gasteiger partial charge >= 0.3 is 6.09 Å². The van der Waals surface area contributed by atoms with Crippen LogP contribution in [0.25, 0.3) is 0 Å². The summed E-state index contributed by atoms with van der Waals surface area (Å²) in [5.41, 5.74) is -0.636. The number of likely N-dealkylation sites (tertiary alicyclic amines) is 1. The molecular weight excluding hydrogens is 350 g/mol. The Kier molecular flexibility index (Phi) is 6.14. The van der Waals surface area contributed by atoms with Crippen LogP contribution in [0, 0.1) is 0 Å². The van der Waals surface area contributed by atoms with Gasteiger partial charge in [-0.05, 0) is 46.5 Å². The van der Waals surface area contributed by atoms with Crippen molar-refractivity contribution in [1.82, 2.24) is 4.90 Å². The number of carbonyl (C=O) groups excluding carboxylic acids is 1. The van der Waals surface area contributed by atoms with Crippen LogP contribution >= 0.6 is 15.9 Å². The summed E-state index contributed by atoms with van der Waals surface area (Å²) in [5, 5.41) is 0.783. The summed E-state index contributed by atoms with van der Waals surface area (Å²) < 4.78 is 17.1. The second-order valence-corrected chi connectivity index (χ2v) is 7.76. The number of rotatable bonds is 6. The Morgan fingerprint density at radius 3 is 2.36 bits per heavy atom. The molecular formula is C16H28BrNO4. The fourth-order valence-corrected chi connectivity index (χ4v) is 3.17. The highest BCUT2D eigenvalue weighted by Crippen LogP contribution is 2.30. The fourth-order valence-electron chi connectivity index (χ4n) is 2.45. The number of piperidine rings is 1. The molecule has 1 amide bonds. The lowest BCUT2D eigenvalue weighted by Gasteiger charge is -2.40. The molecule has 5 nitrogen and oxygen atoms in total. The van der Waals surface area contributed by atoms with Gasteiger partial charge in [-0.1, -0.05) is 15.9 Å². The van der Waals surface area contributed by atoms with Gasteiger partial charge in [0.25, 0.3) is 0 Å². The summed E-state index contributed by atoms with van der Waals surface area (Å²) in [7, 11) is 0. The number of hydrogen-bond acceptors (Lipinski definition) is 4. The summed E-state index contributed by atoms with van der Waals surface area (Å²) in [4.78, 5) is 13.9. The molecule has 0 unspecified atom stereocenters. The SMILES string of the molecule is CC(C)(C)OC(=O)N1CCC(CBr)(OCCOC2CC2)CC1. The maximum absolute atomic E-state index is 12.1. The van der Waals surface area contributed by atoms with E-state index in [9.17, 15) is 4.79 Å². The molecule has 0 spiro atoms. The number of ether oxygens (including phenoxy) is 3. The van der Waals surface area contributed by atoms with Crippen LogP contribution in [0.2, 0.25) is 0 Å². The van der Waals surface area contributed by atoms with E-state index in [2.05, 4.69) is 15.9 Å². The summed E-state index contributed by atoms with van der Waals surface area (Å²) in [6.07, 6.45) is 4.26. The van der Waals surface area contributed by atoms with Gasteiger partial charge in [0.05, 0.1) is 24.9 Å². The molecule has 0 bridgehead atoms. The summed E-state index contributed by atoms with van der Waals surface area (Å²) >= 11 is 3.57. The van der Waals surface area contributed by atoms with Gasteiger partial charge in [0.15, 0.2) is 0 Å². The molecule has 0 aromatic rings. The van der Waals surface area contributed by atoms with E-state index in [4.69, 9.17) is 14.2 Å². The molecule has 22 heavy (non-hydrogen) atoms. The fraction of sp³-hybridized carbons (Fsp3) is 0.938. The Bertz CT molecular complexity index is 371. The Labute approximate surface area is 141 Å². The number of carbonyl (C=O) groups is 1.